The number of carbonyl (C=O) groups is 1. The van der Waals surface area contributed by atoms with Crippen LogP contribution in [0, 0.1) is 41.5 Å². The first kappa shape index (κ1) is 17.8. The van der Waals surface area contributed by atoms with E-state index in [0.29, 0.717) is 23.1 Å². The molecule has 0 aliphatic rings. The van der Waals surface area contributed by atoms with E-state index in [0.717, 1.165) is 28.3 Å². The molecule has 0 bridgehead atoms. The molecular formula is C18H22N6O2. The van der Waals surface area contributed by atoms with Gasteiger partial charge in [0.25, 0.3) is 5.95 Å². The molecule has 0 saturated carbocycles. The molecule has 136 valence electrons. The van der Waals surface area contributed by atoms with Crippen LogP contribution in [0.25, 0.3) is 5.95 Å². The quantitative estimate of drug-likeness (QED) is 0.773. The van der Waals surface area contributed by atoms with Gasteiger partial charge in [0.05, 0.1) is 12.1 Å². The molecule has 3 rings (SSSR count). The van der Waals surface area contributed by atoms with E-state index in [1.165, 1.54) is 0 Å². The van der Waals surface area contributed by atoms with Crippen molar-refractivity contribution in [2.45, 2.75) is 48.0 Å². The third-order valence-electron chi connectivity index (χ3n) is 4.24. The maximum absolute atomic E-state index is 12.5. The molecular weight excluding hydrogens is 332 g/mol. The van der Waals surface area contributed by atoms with Crippen molar-refractivity contribution in [1.82, 2.24) is 24.9 Å². The fourth-order valence-corrected chi connectivity index (χ4v) is 2.93. The largest absolute Gasteiger partial charge is 0.359 e. The predicted molar refractivity (Wildman–Crippen MR) is 96.4 cm³/mol. The second-order valence-electron chi connectivity index (χ2n) is 6.44. The van der Waals surface area contributed by atoms with Gasteiger partial charge in [-0.3, -0.25) is 4.79 Å². The Labute approximate surface area is 151 Å². The van der Waals surface area contributed by atoms with Gasteiger partial charge in [0.1, 0.15) is 11.4 Å². The van der Waals surface area contributed by atoms with Gasteiger partial charge in [-0.2, -0.15) is 5.10 Å². The van der Waals surface area contributed by atoms with E-state index in [9.17, 15) is 4.79 Å². The molecule has 8 heteroatoms. The van der Waals surface area contributed by atoms with Crippen molar-refractivity contribution >= 4 is 11.6 Å². The van der Waals surface area contributed by atoms with Gasteiger partial charge in [-0.1, -0.05) is 5.16 Å². The minimum atomic E-state index is -0.147. The van der Waals surface area contributed by atoms with Crippen molar-refractivity contribution in [1.29, 1.82) is 0 Å². The zero-order chi connectivity index (χ0) is 19.0. The summed E-state index contributed by atoms with van der Waals surface area (Å²) >= 11 is 0. The van der Waals surface area contributed by atoms with E-state index in [4.69, 9.17) is 4.52 Å². The number of amides is 1. The van der Waals surface area contributed by atoms with Crippen LogP contribution in [0.1, 0.15) is 39.8 Å². The summed E-state index contributed by atoms with van der Waals surface area (Å²) in [6.07, 6.45) is 0.201. The molecule has 0 fully saturated rings. The first-order chi connectivity index (χ1) is 12.3. The van der Waals surface area contributed by atoms with E-state index in [-0.39, 0.29) is 12.3 Å². The zero-order valence-electron chi connectivity index (χ0n) is 15.8. The molecule has 3 aromatic rings. The predicted octanol–water partition coefficient (Wildman–Crippen LogP) is 2.68. The van der Waals surface area contributed by atoms with E-state index in [1.54, 1.807) is 18.5 Å². The average molecular weight is 354 g/mol. The molecule has 0 aromatic carbocycles. The van der Waals surface area contributed by atoms with Gasteiger partial charge in [0.2, 0.25) is 5.91 Å². The summed E-state index contributed by atoms with van der Waals surface area (Å²) in [4.78, 5) is 21.4. The standard InChI is InChI=1S/C18H22N6O2/c1-9-7-10(2)20-18(19-9)24-13(5)15(11(3)22-24)8-16(25)21-17-12(4)23-26-14(17)6/h7H,8H2,1-6H3,(H,21,25). The van der Waals surface area contributed by atoms with Crippen LogP contribution in [0.2, 0.25) is 0 Å². The van der Waals surface area contributed by atoms with Gasteiger partial charge in [-0.25, -0.2) is 14.6 Å². The number of anilines is 1. The molecule has 0 radical (unpaired) electrons. The second kappa shape index (κ2) is 6.70. The van der Waals surface area contributed by atoms with E-state index < -0.39 is 0 Å². The molecule has 8 nitrogen and oxygen atoms in total. The van der Waals surface area contributed by atoms with Crippen molar-refractivity contribution in [3.63, 3.8) is 0 Å². The molecule has 0 atom stereocenters. The van der Waals surface area contributed by atoms with Crippen molar-refractivity contribution in [3.05, 3.63) is 45.9 Å². The Balaban J connectivity index is 1.87. The number of nitrogens with zero attached hydrogens (tertiary/aromatic N) is 5. The van der Waals surface area contributed by atoms with E-state index in [1.807, 2.05) is 33.8 Å². The fourth-order valence-electron chi connectivity index (χ4n) is 2.93. The monoisotopic (exact) mass is 354 g/mol. The first-order valence-electron chi connectivity index (χ1n) is 8.36. The van der Waals surface area contributed by atoms with Crippen LogP contribution in [0.4, 0.5) is 5.69 Å². The molecule has 1 amide bonds. The molecule has 3 aromatic heterocycles. The number of rotatable bonds is 4. The van der Waals surface area contributed by atoms with E-state index in [2.05, 4.69) is 25.5 Å². The Morgan fingerprint density at radius 2 is 1.73 bits per heavy atom. The van der Waals surface area contributed by atoms with Crippen LogP contribution in [-0.2, 0) is 11.2 Å². The van der Waals surface area contributed by atoms with Gasteiger partial charge in [0, 0.05) is 22.6 Å². The Morgan fingerprint density at radius 1 is 1.08 bits per heavy atom. The van der Waals surface area contributed by atoms with Gasteiger partial charge >= 0.3 is 0 Å². The lowest BCUT2D eigenvalue weighted by molar-refractivity contribution is -0.115. The highest BCUT2D eigenvalue weighted by Crippen LogP contribution is 2.21. The lowest BCUT2D eigenvalue weighted by atomic mass is 10.1. The van der Waals surface area contributed by atoms with Gasteiger partial charge in [-0.15, -0.1) is 0 Å². The number of aromatic nitrogens is 5. The molecule has 0 aliphatic heterocycles. The maximum Gasteiger partial charge on any atom is 0.251 e. The smallest absolute Gasteiger partial charge is 0.251 e. The van der Waals surface area contributed by atoms with Crippen LogP contribution in [0.3, 0.4) is 0 Å². The van der Waals surface area contributed by atoms with Crippen LogP contribution in [0.5, 0.6) is 0 Å². The summed E-state index contributed by atoms with van der Waals surface area (Å²) in [7, 11) is 0. The number of aryl methyl sites for hydroxylation is 5. The summed E-state index contributed by atoms with van der Waals surface area (Å²) in [6.45, 7) is 11.2. The summed E-state index contributed by atoms with van der Waals surface area (Å²) < 4.78 is 6.77. The number of hydrogen-bond donors (Lipinski definition) is 1. The molecule has 0 unspecified atom stereocenters. The summed E-state index contributed by atoms with van der Waals surface area (Å²) in [5.41, 5.74) is 5.51. The van der Waals surface area contributed by atoms with Gasteiger partial charge in [0.15, 0.2) is 5.76 Å². The van der Waals surface area contributed by atoms with Crippen molar-refractivity contribution in [3.8, 4) is 5.95 Å². The molecule has 0 aliphatic carbocycles. The Morgan fingerprint density at radius 3 is 2.31 bits per heavy atom. The summed E-state index contributed by atoms with van der Waals surface area (Å²) in [6, 6.07) is 1.91. The fraction of sp³-hybridized carbons (Fsp3) is 0.389. The minimum absolute atomic E-state index is 0.147. The molecule has 0 spiro atoms. The Hall–Kier alpha value is -3.03. The topological polar surface area (TPSA) is 98.7 Å². The SMILES string of the molecule is Cc1cc(C)nc(-n2nc(C)c(CC(=O)Nc3c(C)noc3C)c2C)n1. The maximum atomic E-state index is 12.5. The lowest BCUT2D eigenvalue weighted by Gasteiger charge is -2.07. The summed E-state index contributed by atoms with van der Waals surface area (Å²) in [5.74, 6) is 0.954. The van der Waals surface area contributed by atoms with Crippen molar-refractivity contribution < 1.29 is 9.32 Å². The highest BCUT2D eigenvalue weighted by Gasteiger charge is 2.19. The van der Waals surface area contributed by atoms with Crippen LogP contribution in [0.15, 0.2) is 10.6 Å². The van der Waals surface area contributed by atoms with E-state index >= 15 is 0 Å². The number of nitrogens with one attached hydrogen (secondary N) is 1. The Kier molecular flexibility index (Phi) is 4.58. The summed E-state index contributed by atoms with van der Waals surface area (Å²) in [5, 5.41) is 11.2. The van der Waals surface area contributed by atoms with Crippen LogP contribution >= 0.6 is 0 Å². The molecule has 0 saturated heterocycles. The normalized spacial score (nSPS) is 11.0. The molecule has 3 heterocycles. The third kappa shape index (κ3) is 3.35. The first-order valence-corrected chi connectivity index (χ1v) is 8.36. The number of carbonyl (C=O) groups excluding carboxylic acids is 1. The highest BCUT2D eigenvalue weighted by atomic mass is 16.5. The van der Waals surface area contributed by atoms with Gasteiger partial charge < -0.3 is 9.84 Å². The third-order valence-corrected chi connectivity index (χ3v) is 4.24. The minimum Gasteiger partial charge on any atom is -0.359 e. The molecule has 26 heavy (non-hydrogen) atoms. The lowest BCUT2D eigenvalue weighted by Crippen LogP contribution is -2.16. The van der Waals surface area contributed by atoms with Crippen molar-refractivity contribution in [2.24, 2.45) is 0 Å². The second-order valence-corrected chi connectivity index (χ2v) is 6.44. The van der Waals surface area contributed by atoms with Crippen LogP contribution in [-0.4, -0.2) is 30.8 Å². The Bertz CT molecular complexity index is 946. The van der Waals surface area contributed by atoms with Gasteiger partial charge in [-0.05, 0) is 47.6 Å². The molecule has 1 N–H and O–H groups in total. The average Bonchev–Trinajstić information content (AvgIpc) is 3.01. The number of hydrogen-bond acceptors (Lipinski definition) is 6. The highest BCUT2D eigenvalue weighted by molar-refractivity contribution is 5.93. The zero-order valence-corrected chi connectivity index (χ0v) is 15.8. The van der Waals surface area contributed by atoms with Crippen LogP contribution < -0.4 is 5.32 Å². The van der Waals surface area contributed by atoms with Crippen molar-refractivity contribution in [2.75, 3.05) is 5.32 Å².